The summed E-state index contributed by atoms with van der Waals surface area (Å²) in [6.45, 7) is 9.77. The van der Waals surface area contributed by atoms with Gasteiger partial charge in [-0.2, -0.15) is 0 Å². The van der Waals surface area contributed by atoms with E-state index in [4.69, 9.17) is 10.6 Å². The van der Waals surface area contributed by atoms with E-state index in [1.165, 1.54) is 28.0 Å². The van der Waals surface area contributed by atoms with Gasteiger partial charge in [0.15, 0.2) is 10.8 Å². The van der Waals surface area contributed by atoms with Crippen LogP contribution < -0.4 is 11.1 Å². The average Bonchev–Trinajstić information content (AvgIpc) is 3.30. The maximum Gasteiger partial charge on any atom is 0.327 e. The standard InChI is InChI=1S/C23H33N5O5S2/c1-11-6-8-12(9-7-11)22(2,3)33-27-14(13-10-34-21(24)25-13)17(29)26-15-18(30)28-16(20(31)32)23(4,5)35-19(15)28/h10-12,15-16,19H,6-9H2,1-5H3,(H2,24,25)(H,26,29)(H,31,32)/t11?,12?,15-,16-,19+/m0/s1. The summed E-state index contributed by atoms with van der Waals surface area (Å²) in [7, 11) is 0. The number of thioether (sulfide) groups is 1. The molecule has 4 N–H and O–H groups in total. The summed E-state index contributed by atoms with van der Waals surface area (Å²) in [5.74, 6) is -1.10. The van der Waals surface area contributed by atoms with Crippen LogP contribution in [0.25, 0.3) is 0 Å². The van der Waals surface area contributed by atoms with E-state index < -0.39 is 45.6 Å². The number of carboxylic acids is 1. The van der Waals surface area contributed by atoms with Crippen molar-refractivity contribution in [2.24, 2.45) is 17.0 Å². The second kappa shape index (κ2) is 9.27. The highest BCUT2D eigenvalue weighted by atomic mass is 32.2. The Balaban J connectivity index is 1.52. The molecule has 3 fully saturated rings. The summed E-state index contributed by atoms with van der Waals surface area (Å²) < 4.78 is -0.684. The highest BCUT2D eigenvalue weighted by Gasteiger charge is 2.64. The van der Waals surface area contributed by atoms with Crippen LogP contribution in [0.5, 0.6) is 0 Å². The van der Waals surface area contributed by atoms with E-state index in [-0.39, 0.29) is 16.5 Å². The smallest absolute Gasteiger partial charge is 0.327 e. The quantitative estimate of drug-likeness (QED) is 0.281. The first-order valence-corrected chi connectivity index (χ1v) is 13.6. The Bertz CT molecular complexity index is 1050. The molecule has 0 radical (unpaired) electrons. The molecule has 1 aromatic heterocycles. The summed E-state index contributed by atoms with van der Waals surface area (Å²) in [4.78, 5) is 49.4. The van der Waals surface area contributed by atoms with Gasteiger partial charge < -0.3 is 25.9 Å². The molecule has 0 bridgehead atoms. The predicted octanol–water partition coefficient (Wildman–Crippen LogP) is 2.68. The molecule has 1 aromatic rings. The monoisotopic (exact) mass is 523 g/mol. The minimum Gasteiger partial charge on any atom is -0.480 e. The number of carbonyl (C=O) groups excluding carboxylic acids is 2. The number of nitrogens with zero attached hydrogens (tertiary/aromatic N) is 3. The van der Waals surface area contributed by atoms with Crippen molar-refractivity contribution >= 4 is 51.7 Å². The number of fused-ring (bicyclic) bond motifs is 1. The van der Waals surface area contributed by atoms with Crippen molar-refractivity contribution in [3.05, 3.63) is 11.1 Å². The van der Waals surface area contributed by atoms with E-state index in [0.717, 1.165) is 25.7 Å². The van der Waals surface area contributed by atoms with Gasteiger partial charge in [-0.3, -0.25) is 9.59 Å². The Labute approximate surface area is 213 Å². The van der Waals surface area contributed by atoms with Crippen LogP contribution in [0.4, 0.5) is 5.13 Å². The number of hydrogen-bond donors (Lipinski definition) is 3. The van der Waals surface area contributed by atoms with E-state index >= 15 is 0 Å². The number of carboxylic acid groups (broad SMARTS) is 1. The molecule has 3 aliphatic rings. The third kappa shape index (κ3) is 4.87. The molecule has 4 rings (SSSR count). The van der Waals surface area contributed by atoms with Gasteiger partial charge in [0.1, 0.15) is 28.8 Å². The van der Waals surface area contributed by atoms with Crippen molar-refractivity contribution in [2.75, 3.05) is 5.73 Å². The molecule has 3 atom stereocenters. The fourth-order valence-electron chi connectivity index (χ4n) is 5.15. The number of aliphatic carboxylic acids is 1. The molecular formula is C23H33N5O5S2. The second-order valence-electron chi connectivity index (χ2n) is 10.7. The van der Waals surface area contributed by atoms with Crippen LogP contribution in [-0.4, -0.2) is 66.3 Å². The van der Waals surface area contributed by atoms with Crippen LogP contribution in [0.3, 0.4) is 0 Å². The molecule has 1 aliphatic carbocycles. The van der Waals surface area contributed by atoms with Gasteiger partial charge >= 0.3 is 5.97 Å². The van der Waals surface area contributed by atoms with Gasteiger partial charge in [-0.1, -0.05) is 24.9 Å². The number of β-lactam (4-membered cyclic amide) rings is 1. The number of aromatic nitrogens is 1. The molecule has 2 amide bonds. The summed E-state index contributed by atoms with van der Waals surface area (Å²) in [6.07, 6.45) is 4.32. The SMILES string of the molecule is CC1CCC(C(C)(C)ON=C(C(=O)N[C@H]2C(=O)N3[C@@H]2SC(C)(C)[C@@H]3C(=O)O)c2csc(N)n2)CC1. The minimum atomic E-state index is -1.06. The summed E-state index contributed by atoms with van der Waals surface area (Å²) in [5.41, 5.74) is 5.42. The van der Waals surface area contributed by atoms with Crippen LogP contribution >= 0.6 is 23.1 Å². The number of anilines is 1. The summed E-state index contributed by atoms with van der Waals surface area (Å²) >= 11 is 2.54. The largest absolute Gasteiger partial charge is 0.480 e. The summed E-state index contributed by atoms with van der Waals surface area (Å²) in [6, 6.07) is -1.81. The van der Waals surface area contributed by atoms with Gasteiger partial charge in [0.25, 0.3) is 5.91 Å². The van der Waals surface area contributed by atoms with Crippen LogP contribution in [-0.2, 0) is 19.2 Å². The summed E-state index contributed by atoms with van der Waals surface area (Å²) in [5, 5.41) is 18.0. The normalized spacial score (nSPS) is 30.4. The highest BCUT2D eigenvalue weighted by Crippen LogP contribution is 2.50. The van der Waals surface area contributed by atoms with Crippen molar-refractivity contribution in [2.45, 2.75) is 88.1 Å². The molecule has 192 valence electrons. The van der Waals surface area contributed by atoms with E-state index in [1.54, 1.807) is 19.2 Å². The lowest BCUT2D eigenvalue weighted by Crippen LogP contribution is -2.71. The van der Waals surface area contributed by atoms with Crippen molar-refractivity contribution in [3.63, 3.8) is 0 Å². The average molecular weight is 524 g/mol. The zero-order chi connectivity index (χ0) is 25.7. The molecule has 35 heavy (non-hydrogen) atoms. The molecule has 10 nitrogen and oxygen atoms in total. The third-order valence-electron chi connectivity index (χ3n) is 7.31. The fourth-order valence-corrected chi connectivity index (χ4v) is 7.32. The van der Waals surface area contributed by atoms with Gasteiger partial charge in [0.2, 0.25) is 5.91 Å². The third-order valence-corrected chi connectivity index (χ3v) is 9.56. The number of nitrogens with one attached hydrogen (secondary N) is 1. The maximum atomic E-state index is 13.3. The molecule has 12 heteroatoms. The van der Waals surface area contributed by atoms with Crippen molar-refractivity contribution in [1.29, 1.82) is 0 Å². The number of thiazole rings is 1. The molecule has 2 aliphatic heterocycles. The Morgan fingerprint density at radius 3 is 2.54 bits per heavy atom. The van der Waals surface area contributed by atoms with E-state index in [1.807, 2.05) is 13.8 Å². The van der Waals surface area contributed by atoms with Gasteiger partial charge in [-0.05, 0) is 46.5 Å². The molecule has 0 unspecified atom stereocenters. The lowest BCUT2D eigenvalue weighted by molar-refractivity contribution is -0.160. The molecule has 0 spiro atoms. The lowest BCUT2D eigenvalue weighted by Gasteiger charge is -2.43. The zero-order valence-electron chi connectivity index (χ0n) is 20.6. The Hall–Kier alpha value is -2.34. The topological polar surface area (TPSA) is 147 Å². The van der Waals surface area contributed by atoms with Crippen LogP contribution in [0, 0.1) is 11.8 Å². The number of nitrogens with two attached hydrogens (primary N) is 1. The van der Waals surface area contributed by atoms with E-state index in [9.17, 15) is 19.5 Å². The molecule has 0 aromatic carbocycles. The number of hydrogen-bond acceptors (Lipinski definition) is 9. The maximum absolute atomic E-state index is 13.3. The van der Waals surface area contributed by atoms with Gasteiger partial charge in [0, 0.05) is 16.0 Å². The number of carbonyl (C=O) groups is 3. The van der Waals surface area contributed by atoms with Crippen molar-refractivity contribution in [3.8, 4) is 0 Å². The zero-order valence-corrected chi connectivity index (χ0v) is 22.2. The van der Waals surface area contributed by atoms with Gasteiger partial charge in [0.05, 0.1) is 0 Å². The number of amides is 2. The first-order valence-electron chi connectivity index (χ1n) is 11.8. The highest BCUT2D eigenvalue weighted by molar-refractivity contribution is 8.01. The Morgan fingerprint density at radius 2 is 1.97 bits per heavy atom. The van der Waals surface area contributed by atoms with E-state index in [2.05, 4.69) is 22.4 Å². The molecule has 1 saturated carbocycles. The van der Waals surface area contributed by atoms with Crippen LogP contribution in [0.1, 0.15) is 66.0 Å². The van der Waals surface area contributed by atoms with Crippen molar-refractivity contribution in [1.82, 2.24) is 15.2 Å². The first-order chi connectivity index (χ1) is 16.3. The Kier molecular flexibility index (Phi) is 6.82. The minimum absolute atomic E-state index is 0.0569. The van der Waals surface area contributed by atoms with Crippen LogP contribution in [0.15, 0.2) is 10.5 Å². The molecule has 2 saturated heterocycles. The number of rotatable bonds is 7. The van der Waals surface area contributed by atoms with Crippen molar-refractivity contribution < 1.29 is 24.3 Å². The predicted molar refractivity (Wildman–Crippen MR) is 135 cm³/mol. The second-order valence-corrected chi connectivity index (χ2v) is 13.4. The molecular weight excluding hydrogens is 490 g/mol. The molecule has 3 heterocycles. The van der Waals surface area contributed by atoms with Gasteiger partial charge in [-0.15, -0.1) is 23.1 Å². The number of nitrogen functional groups attached to an aromatic ring is 1. The van der Waals surface area contributed by atoms with Gasteiger partial charge in [-0.25, -0.2) is 9.78 Å². The number of oxime groups is 1. The van der Waals surface area contributed by atoms with Crippen LogP contribution in [0.2, 0.25) is 0 Å². The van der Waals surface area contributed by atoms with E-state index in [0.29, 0.717) is 11.8 Å². The Morgan fingerprint density at radius 1 is 1.31 bits per heavy atom. The first kappa shape index (κ1) is 25.7. The fraction of sp³-hybridized carbons (Fsp3) is 0.696. The lowest BCUT2D eigenvalue weighted by atomic mass is 9.75.